The molecular formula is C25H20Cl2O3S. The van der Waals surface area contributed by atoms with Crippen LogP contribution in [0.25, 0.3) is 5.57 Å². The van der Waals surface area contributed by atoms with Crippen LogP contribution in [0.3, 0.4) is 0 Å². The summed E-state index contributed by atoms with van der Waals surface area (Å²) >= 11 is 12.2. The Hall–Kier alpha value is -2.40. The Balaban J connectivity index is 1.93. The van der Waals surface area contributed by atoms with Crippen LogP contribution >= 0.6 is 23.2 Å². The lowest BCUT2D eigenvalue weighted by molar-refractivity contribution is -0.141. The Morgan fingerprint density at radius 2 is 1.48 bits per heavy atom. The quantitative estimate of drug-likeness (QED) is 0.410. The van der Waals surface area contributed by atoms with Gasteiger partial charge < -0.3 is 4.74 Å². The maximum atomic E-state index is 13.9. The molecule has 0 amide bonds. The Kier molecular flexibility index (Phi) is 5.82. The van der Waals surface area contributed by atoms with Gasteiger partial charge in [-0.15, -0.1) is 0 Å². The molecule has 1 saturated carbocycles. The third-order valence-electron chi connectivity index (χ3n) is 5.91. The normalized spacial score (nSPS) is 23.1. The fourth-order valence-corrected chi connectivity index (χ4v) is 6.48. The number of benzene rings is 3. The number of esters is 1. The summed E-state index contributed by atoms with van der Waals surface area (Å²) in [5, 5.41) is 1.17. The highest BCUT2D eigenvalue weighted by molar-refractivity contribution is 7.88. The molecule has 158 valence electrons. The standard InChI is InChI=1S/C25H20Cl2O3S/c1-17(18-8-12-20(26)13-9-18)24(19-10-14-21(27)15-11-19)16-25(24,23(28)30-2)31(29)22-6-4-3-5-7-22/h3-15H,1,16H2,2H3/t24-,25+,31?/m0/s1. The van der Waals surface area contributed by atoms with Gasteiger partial charge in [0.15, 0.2) is 4.75 Å². The molecule has 0 spiro atoms. The first-order valence-corrected chi connectivity index (χ1v) is 11.5. The highest BCUT2D eigenvalue weighted by Crippen LogP contribution is 2.68. The summed E-state index contributed by atoms with van der Waals surface area (Å²) in [4.78, 5) is 13.8. The van der Waals surface area contributed by atoms with Gasteiger partial charge in [-0.25, -0.2) is 0 Å². The van der Waals surface area contributed by atoms with Gasteiger partial charge in [0.2, 0.25) is 0 Å². The molecule has 3 atom stereocenters. The fraction of sp³-hybridized carbons (Fsp3) is 0.160. The number of hydrogen-bond acceptors (Lipinski definition) is 3. The minimum absolute atomic E-state index is 0.303. The molecule has 1 aliphatic carbocycles. The maximum absolute atomic E-state index is 13.9. The third kappa shape index (κ3) is 3.43. The summed E-state index contributed by atoms with van der Waals surface area (Å²) in [6, 6.07) is 23.5. The molecule has 0 aliphatic heterocycles. The molecular weight excluding hydrogens is 451 g/mol. The second-order valence-electron chi connectivity index (χ2n) is 7.47. The second kappa shape index (κ2) is 8.27. The van der Waals surface area contributed by atoms with Gasteiger partial charge in [0.05, 0.1) is 23.3 Å². The van der Waals surface area contributed by atoms with Crippen molar-refractivity contribution < 1.29 is 13.7 Å². The molecule has 0 radical (unpaired) electrons. The topological polar surface area (TPSA) is 43.4 Å². The van der Waals surface area contributed by atoms with Crippen molar-refractivity contribution in [3.05, 3.63) is 107 Å². The van der Waals surface area contributed by atoms with Gasteiger partial charge in [-0.05, 0) is 59.5 Å². The Bertz CT molecular complexity index is 1160. The van der Waals surface area contributed by atoms with E-state index in [1.165, 1.54) is 7.11 Å². The predicted octanol–water partition coefficient (Wildman–Crippen LogP) is 6.07. The van der Waals surface area contributed by atoms with Crippen molar-refractivity contribution >= 4 is 45.5 Å². The molecule has 0 heterocycles. The van der Waals surface area contributed by atoms with E-state index in [-0.39, 0.29) is 0 Å². The van der Waals surface area contributed by atoms with Crippen molar-refractivity contribution in [3.8, 4) is 0 Å². The summed E-state index contributed by atoms with van der Waals surface area (Å²) in [5.41, 5.74) is 1.39. The highest BCUT2D eigenvalue weighted by atomic mass is 35.5. The van der Waals surface area contributed by atoms with Gasteiger partial charge in [0, 0.05) is 14.9 Å². The van der Waals surface area contributed by atoms with Gasteiger partial charge in [0.25, 0.3) is 0 Å². The number of ether oxygens (including phenoxy) is 1. The van der Waals surface area contributed by atoms with E-state index in [1.807, 2.05) is 30.3 Å². The Labute approximate surface area is 194 Å². The summed E-state index contributed by atoms with van der Waals surface area (Å²) < 4.78 is 17.8. The van der Waals surface area contributed by atoms with Crippen LogP contribution in [0.1, 0.15) is 17.5 Å². The largest absolute Gasteiger partial charge is 0.468 e. The van der Waals surface area contributed by atoms with Crippen molar-refractivity contribution in [1.82, 2.24) is 0 Å². The molecule has 3 nitrogen and oxygen atoms in total. The lowest BCUT2D eigenvalue weighted by Crippen LogP contribution is -2.38. The van der Waals surface area contributed by atoms with Crippen molar-refractivity contribution in [3.63, 3.8) is 0 Å². The average Bonchev–Trinajstić information content (AvgIpc) is 3.51. The van der Waals surface area contributed by atoms with E-state index in [2.05, 4.69) is 6.58 Å². The second-order valence-corrected chi connectivity index (χ2v) is 10.1. The molecule has 31 heavy (non-hydrogen) atoms. The zero-order valence-corrected chi connectivity index (χ0v) is 19.1. The number of rotatable bonds is 6. The highest BCUT2D eigenvalue weighted by Gasteiger charge is 2.78. The van der Waals surface area contributed by atoms with Crippen molar-refractivity contribution in [2.24, 2.45) is 0 Å². The number of hydrogen-bond donors (Lipinski definition) is 0. The van der Waals surface area contributed by atoms with Gasteiger partial charge in [-0.2, -0.15) is 0 Å². The van der Waals surface area contributed by atoms with E-state index in [4.69, 9.17) is 27.9 Å². The van der Waals surface area contributed by atoms with Crippen molar-refractivity contribution in [2.45, 2.75) is 21.5 Å². The zero-order valence-electron chi connectivity index (χ0n) is 16.8. The van der Waals surface area contributed by atoms with Gasteiger partial charge in [0.1, 0.15) is 0 Å². The van der Waals surface area contributed by atoms with Crippen LogP contribution in [0.15, 0.2) is 90.3 Å². The van der Waals surface area contributed by atoms with Crippen LogP contribution in [0.2, 0.25) is 10.0 Å². The van der Waals surface area contributed by atoms with E-state index in [1.54, 1.807) is 48.5 Å². The monoisotopic (exact) mass is 470 g/mol. The number of carbonyl (C=O) groups is 1. The van der Waals surface area contributed by atoms with Crippen LogP contribution in [0, 0.1) is 0 Å². The zero-order chi connectivity index (χ0) is 22.2. The molecule has 0 bridgehead atoms. The van der Waals surface area contributed by atoms with E-state index < -0.39 is 26.9 Å². The molecule has 3 aromatic rings. The molecule has 1 aliphatic rings. The minimum Gasteiger partial charge on any atom is -0.468 e. The minimum atomic E-state index is -1.68. The summed E-state index contributed by atoms with van der Waals surface area (Å²) in [7, 11) is -0.359. The first-order chi connectivity index (χ1) is 14.9. The third-order valence-corrected chi connectivity index (χ3v) is 8.41. The van der Waals surface area contributed by atoms with Crippen LogP contribution in [0.4, 0.5) is 0 Å². The van der Waals surface area contributed by atoms with Crippen LogP contribution in [-0.2, 0) is 25.7 Å². The van der Waals surface area contributed by atoms with E-state index >= 15 is 0 Å². The van der Waals surface area contributed by atoms with Crippen molar-refractivity contribution in [1.29, 1.82) is 0 Å². The molecule has 6 heteroatoms. The molecule has 0 N–H and O–H groups in total. The van der Waals surface area contributed by atoms with Crippen LogP contribution < -0.4 is 0 Å². The van der Waals surface area contributed by atoms with E-state index in [0.717, 1.165) is 11.1 Å². The molecule has 4 rings (SSSR count). The van der Waals surface area contributed by atoms with Gasteiger partial charge >= 0.3 is 5.97 Å². The van der Waals surface area contributed by atoms with Crippen LogP contribution in [0.5, 0.6) is 0 Å². The van der Waals surface area contributed by atoms with E-state index in [0.29, 0.717) is 26.9 Å². The Morgan fingerprint density at radius 3 is 2.03 bits per heavy atom. The first-order valence-electron chi connectivity index (χ1n) is 9.63. The van der Waals surface area contributed by atoms with E-state index in [9.17, 15) is 9.00 Å². The lowest BCUT2D eigenvalue weighted by atomic mass is 9.82. The fourth-order valence-electron chi connectivity index (χ4n) is 4.28. The Morgan fingerprint density at radius 1 is 0.935 bits per heavy atom. The average molecular weight is 471 g/mol. The summed E-state index contributed by atoms with van der Waals surface area (Å²) in [6.07, 6.45) is 0.303. The SMILES string of the molecule is C=C(c1ccc(Cl)cc1)[C@]1(c2ccc(Cl)cc2)C[C@]1(C(=O)OC)S(=O)c1ccccc1. The number of halogens is 2. The molecule has 1 unspecified atom stereocenters. The maximum Gasteiger partial charge on any atom is 0.326 e. The molecule has 1 fully saturated rings. The van der Waals surface area contributed by atoms with Crippen molar-refractivity contribution in [2.75, 3.05) is 7.11 Å². The lowest BCUT2D eigenvalue weighted by Gasteiger charge is -2.27. The summed E-state index contributed by atoms with van der Waals surface area (Å²) in [6.45, 7) is 4.36. The van der Waals surface area contributed by atoms with Crippen LogP contribution in [-0.4, -0.2) is 22.0 Å². The number of carbonyl (C=O) groups excluding carboxylic acids is 1. The number of allylic oxidation sites excluding steroid dienone is 1. The molecule has 3 aromatic carbocycles. The van der Waals surface area contributed by atoms with Gasteiger partial charge in [-0.1, -0.05) is 72.2 Å². The summed E-state index contributed by atoms with van der Waals surface area (Å²) in [5.74, 6) is -0.528. The first kappa shape index (κ1) is 21.8. The predicted molar refractivity (Wildman–Crippen MR) is 126 cm³/mol. The molecule has 0 saturated heterocycles. The number of methoxy groups -OCH3 is 1. The molecule has 0 aromatic heterocycles. The van der Waals surface area contributed by atoms with Gasteiger partial charge in [-0.3, -0.25) is 9.00 Å². The smallest absolute Gasteiger partial charge is 0.326 e.